The summed E-state index contributed by atoms with van der Waals surface area (Å²) in [5.74, 6) is 0.386. The van der Waals surface area contributed by atoms with Crippen molar-refractivity contribution < 1.29 is 9.21 Å². The third-order valence-corrected chi connectivity index (χ3v) is 4.67. The molecule has 8 nitrogen and oxygen atoms in total. The molecule has 26 heavy (non-hydrogen) atoms. The molecule has 0 aliphatic carbocycles. The van der Waals surface area contributed by atoms with Gasteiger partial charge in [0.25, 0.3) is 5.91 Å². The molecule has 0 bridgehead atoms. The van der Waals surface area contributed by atoms with Crippen LogP contribution in [0.25, 0.3) is 5.65 Å². The first kappa shape index (κ1) is 16.5. The van der Waals surface area contributed by atoms with Crippen LogP contribution in [0.5, 0.6) is 0 Å². The summed E-state index contributed by atoms with van der Waals surface area (Å²) < 4.78 is 7.02. The van der Waals surface area contributed by atoms with Gasteiger partial charge < -0.3 is 15.1 Å². The molecule has 0 aromatic carbocycles. The number of aryl methyl sites for hydroxylation is 1. The van der Waals surface area contributed by atoms with Gasteiger partial charge in [-0.3, -0.25) is 4.79 Å². The Bertz CT molecular complexity index is 1020. The Morgan fingerprint density at radius 3 is 2.92 bits per heavy atom. The average molecular weight is 353 g/mol. The SMILES string of the molecule is Cc1cc(C2CCNCC2)oc(=O)c1C(=O)Nc1ccc2ncnn2c1. The van der Waals surface area contributed by atoms with Crippen LogP contribution in [0.15, 0.2) is 39.9 Å². The van der Waals surface area contributed by atoms with Gasteiger partial charge in [-0.25, -0.2) is 14.3 Å². The Kier molecular flexibility index (Phi) is 4.26. The molecule has 0 atom stereocenters. The maximum atomic E-state index is 12.6. The predicted octanol–water partition coefficient (Wildman–Crippen LogP) is 1.71. The van der Waals surface area contributed by atoms with Crippen LogP contribution in [-0.4, -0.2) is 33.6 Å². The molecule has 4 heterocycles. The number of amides is 1. The highest BCUT2D eigenvalue weighted by Gasteiger charge is 2.22. The molecule has 4 rings (SSSR count). The van der Waals surface area contributed by atoms with Crippen molar-refractivity contribution in [1.82, 2.24) is 19.9 Å². The molecule has 3 aromatic heterocycles. The van der Waals surface area contributed by atoms with Crippen LogP contribution in [0.4, 0.5) is 5.69 Å². The number of nitrogens with one attached hydrogen (secondary N) is 2. The zero-order chi connectivity index (χ0) is 18.1. The first-order chi connectivity index (χ1) is 12.6. The molecule has 0 unspecified atom stereocenters. The van der Waals surface area contributed by atoms with Gasteiger partial charge in [0.2, 0.25) is 0 Å². The number of fused-ring (bicyclic) bond motifs is 1. The number of pyridine rings is 1. The van der Waals surface area contributed by atoms with Crippen LogP contribution in [0.2, 0.25) is 0 Å². The molecule has 2 N–H and O–H groups in total. The second kappa shape index (κ2) is 6.72. The Hall–Kier alpha value is -3.00. The van der Waals surface area contributed by atoms with Crippen LogP contribution in [0.3, 0.4) is 0 Å². The van der Waals surface area contributed by atoms with Crippen LogP contribution < -0.4 is 16.3 Å². The first-order valence-electron chi connectivity index (χ1n) is 8.58. The number of nitrogens with zero attached hydrogens (tertiary/aromatic N) is 3. The van der Waals surface area contributed by atoms with Crippen LogP contribution in [0, 0.1) is 6.92 Å². The van der Waals surface area contributed by atoms with E-state index in [0.29, 0.717) is 22.7 Å². The van der Waals surface area contributed by atoms with E-state index in [1.54, 1.807) is 29.8 Å². The second-order valence-corrected chi connectivity index (χ2v) is 6.45. The summed E-state index contributed by atoms with van der Waals surface area (Å²) in [6.45, 7) is 3.57. The smallest absolute Gasteiger partial charge is 0.349 e. The van der Waals surface area contributed by atoms with E-state index in [1.807, 2.05) is 6.07 Å². The maximum Gasteiger partial charge on any atom is 0.349 e. The van der Waals surface area contributed by atoms with Crippen molar-refractivity contribution in [2.24, 2.45) is 0 Å². The number of aromatic nitrogens is 3. The van der Waals surface area contributed by atoms with E-state index >= 15 is 0 Å². The topological polar surface area (TPSA) is 102 Å². The molecule has 134 valence electrons. The zero-order valence-electron chi connectivity index (χ0n) is 14.4. The Labute approximate surface area is 149 Å². The summed E-state index contributed by atoms with van der Waals surface area (Å²) in [6.07, 6.45) is 4.91. The molecule has 1 aliphatic rings. The van der Waals surface area contributed by atoms with Crippen LogP contribution in [-0.2, 0) is 0 Å². The number of carbonyl (C=O) groups excluding carboxylic acids is 1. The average Bonchev–Trinajstić information content (AvgIpc) is 3.09. The highest BCUT2D eigenvalue weighted by molar-refractivity contribution is 6.04. The van der Waals surface area contributed by atoms with E-state index < -0.39 is 11.5 Å². The maximum absolute atomic E-state index is 12.6. The number of piperidine rings is 1. The number of rotatable bonds is 3. The van der Waals surface area contributed by atoms with Gasteiger partial charge in [-0.2, -0.15) is 5.10 Å². The number of hydrogen-bond acceptors (Lipinski definition) is 6. The first-order valence-corrected chi connectivity index (χ1v) is 8.58. The molecular formula is C18H19N5O3. The monoisotopic (exact) mass is 353 g/mol. The molecule has 8 heteroatoms. The van der Waals surface area contributed by atoms with Gasteiger partial charge >= 0.3 is 5.63 Å². The number of anilines is 1. The second-order valence-electron chi connectivity index (χ2n) is 6.45. The zero-order valence-corrected chi connectivity index (χ0v) is 14.4. The quantitative estimate of drug-likeness (QED) is 0.743. The van der Waals surface area contributed by atoms with E-state index in [1.165, 1.54) is 6.33 Å². The van der Waals surface area contributed by atoms with E-state index in [2.05, 4.69) is 20.7 Å². The molecular weight excluding hydrogens is 334 g/mol. The Morgan fingerprint density at radius 2 is 2.15 bits per heavy atom. The highest BCUT2D eigenvalue weighted by Crippen LogP contribution is 2.25. The van der Waals surface area contributed by atoms with Crippen molar-refractivity contribution in [1.29, 1.82) is 0 Å². The minimum Gasteiger partial charge on any atom is -0.427 e. The van der Waals surface area contributed by atoms with Gasteiger partial charge in [0.1, 0.15) is 17.7 Å². The Balaban J connectivity index is 1.59. The van der Waals surface area contributed by atoms with Gasteiger partial charge in [0.05, 0.1) is 11.9 Å². The van der Waals surface area contributed by atoms with Crippen molar-refractivity contribution in [3.8, 4) is 0 Å². The fraction of sp³-hybridized carbons (Fsp3) is 0.333. The van der Waals surface area contributed by atoms with E-state index in [0.717, 1.165) is 25.9 Å². The third-order valence-electron chi connectivity index (χ3n) is 4.67. The van der Waals surface area contributed by atoms with Gasteiger partial charge in [-0.05, 0) is 56.6 Å². The molecule has 0 saturated carbocycles. The molecule has 3 aromatic rings. The van der Waals surface area contributed by atoms with Crippen molar-refractivity contribution in [2.45, 2.75) is 25.7 Å². The summed E-state index contributed by atoms with van der Waals surface area (Å²) >= 11 is 0. The largest absolute Gasteiger partial charge is 0.427 e. The van der Waals surface area contributed by atoms with Crippen molar-refractivity contribution >= 4 is 17.2 Å². The summed E-state index contributed by atoms with van der Waals surface area (Å²) in [5.41, 5.74) is 1.24. The third kappa shape index (κ3) is 3.11. The summed E-state index contributed by atoms with van der Waals surface area (Å²) in [7, 11) is 0. The van der Waals surface area contributed by atoms with Crippen molar-refractivity contribution in [3.63, 3.8) is 0 Å². The van der Waals surface area contributed by atoms with Crippen molar-refractivity contribution in [2.75, 3.05) is 18.4 Å². The Morgan fingerprint density at radius 1 is 1.35 bits per heavy atom. The lowest BCUT2D eigenvalue weighted by Gasteiger charge is -2.21. The lowest BCUT2D eigenvalue weighted by molar-refractivity contribution is 0.102. The lowest BCUT2D eigenvalue weighted by atomic mass is 9.94. The predicted molar refractivity (Wildman–Crippen MR) is 95.5 cm³/mol. The van der Waals surface area contributed by atoms with Crippen LogP contribution in [0.1, 0.15) is 40.4 Å². The minimum atomic E-state index is -0.599. The minimum absolute atomic E-state index is 0.0290. The summed E-state index contributed by atoms with van der Waals surface area (Å²) in [4.78, 5) is 29.1. The highest BCUT2D eigenvalue weighted by atomic mass is 16.4. The van der Waals surface area contributed by atoms with E-state index in [9.17, 15) is 9.59 Å². The van der Waals surface area contributed by atoms with Gasteiger partial charge in [-0.1, -0.05) is 0 Å². The van der Waals surface area contributed by atoms with E-state index in [4.69, 9.17) is 4.42 Å². The number of carbonyl (C=O) groups is 1. The lowest BCUT2D eigenvalue weighted by Crippen LogP contribution is -2.28. The van der Waals surface area contributed by atoms with Gasteiger partial charge in [-0.15, -0.1) is 0 Å². The molecule has 1 aliphatic heterocycles. The summed E-state index contributed by atoms with van der Waals surface area (Å²) in [6, 6.07) is 5.26. The van der Waals surface area contributed by atoms with Crippen LogP contribution >= 0.6 is 0 Å². The molecule has 0 spiro atoms. The normalized spacial score (nSPS) is 15.3. The molecule has 0 radical (unpaired) electrons. The standard InChI is InChI=1S/C18H19N5O3/c1-11-8-14(12-4-6-19-7-5-12)26-18(25)16(11)17(24)22-13-2-3-15-20-10-21-23(15)9-13/h2-3,8-10,12,19H,4-7H2,1H3,(H,22,24). The van der Waals surface area contributed by atoms with Gasteiger partial charge in [0, 0.05) is 5.92 Å². The number of hydrogen-bond donors (Lipinski definition) is 2. The molecule has 1 fully saturated rings. The van der Waals surface area contributed by atoms with E-state index in [-0.39, 0.29) is 11.5 Å². The fourth-order valence-electron chi connectivity index (χ4n) is 3.30. The van der Waals surface area contributed by atoms with Gasteiger partial charge in [0.15, 0.2) is 5.65 Å². The molecule has 1 amide bonds. The summed E-state index contributed by atoms with van der Waals surface area (Å²) in [5, 5.41) is 10.0. The van der Waals surface area contributed by atoms with Crippen molar-refractivity contribution in [3.05, 3.63) is 58.0 Å². The fourth-order valence-corrected chi connectivity index (χ4v) is 3.30. The molecule has 1 saturated heterocycles.